The Morgan fingerprint density at radius 3 is 2.53 bits per heavy atom. The third kappa shape index (κ3) is 4.19. The minimum atomic E-state index is -0.613. The van der Waals surface area contributed by atoms with Gasteiger partial charge in [0, 0.05) is 36.6 Å². The predicted octanol–water partition coefficient (Wildman–Crippen LogP) is 3.20. The zero-order valence-corrected chi connectivity index (χ0v) is 17.9. The first-order valence-electron chi connectivity index (χ1n) is 10.2. The number of morpholine rings is 1. The number of carbonyl (C=O) groups is 2. The van der Waals surface area contributed by atoms with Crippen molar-refractivity contribution in [3.05, 3.63) is 63.4 Å². The topological polar surface area (TPSA) is 70.1 Å². The van der Waals surface area contributed by atoms with E-state index < -0.39 is 17.7 Å². The Kier molecular flexibility index (Phi) is 6.32. The van der Waals surface area contributed by atoms with Crippen molar-refractivity contribution in [3.63, 3.8) is 0 Å². The fourth-order valence-electron chi connectivity index (χ4n) is 4.01. The molecular formula is C23H26N2O4S. The van der Waals surface area contributed by atoms with Gasteiger partial charge in [-0.05, 0) is 24.8 Å². The number of benzene rings is 1. The molecule has 4 rings (SSSR count). The summed E-state index contributed by atoms with van der Waals surface area (Å²) in [5.41, 5.74) is 1.79. The number of aryl methyl sites for hydroxylation is 1. The molecule has 1 atom stereocenters. The van der Waals surface area contributed by atoms with Crippen LogP contribution in [-0.2, 0) is 14.3 Å². The third-order valence-corrected chi connectivity index (χ3v) is 6.58. The minimum absolute atomic E-state index is 0.109. The Bertz CT molecular complexity index is 931. The van der Waals surface area contributed by atoms with E-state index in [1.54, 1.807) is 17.0 Å². The summed E-state index contributed by atoms with van der Waals surface area (Å²) < 4.78 is 5.38. The van der Waals surface area contributed by atoms with Crippen molar-refractivity contribution in [1.29, 1.82) is 0 Å². The van der Waals surface area contributed by atoms with Gasteiger partial charge < -0.3 is 14.7 Å². The van der Waals surface area contributed by atoms with Crippen LogP contribution in [0.25, 0.3) is 5.76 Å². The molecule has 1 N–H and O–H groups in total. The van der Waals surface area contributed by atoms with Crippen LogP contribution in [0.4, 0.5) is 0 Å². The molecule has 2 fully saturated rings. The molecule has 30 heavy (non-hydrogen) atoms. The zero-order chi connectivity index (χ0) is 21.1. The van der Waals surface area contributed by atoms with Gasteiger partial charge >= 0.3 is 0 Å². The number of hydrogen-bond acceptors (Lipinski definition) is 6. The van der Waals surface area contributed by atoms with Gasteiger partial charge in [-0.2, -0.15) is 0 Å². The average molecular weight is 427 g/mol. The number of Topliss-reactive ketones (excluding diaryl/α,β-unsaturated/α-hetero) is 1. The summed E-state index contributed by atoms with van der Waals surface area (Å²) in [4.78, 5) is 30.6. The molecule has 0 radical (unpaired) electrons. The van der Waals surface area contributed by atoms with Gasteiger partial charge in [-0.25, -0.2) is 0 Å². The molecule has 2 saturated heterocycles. The molecule has 1 aromatic heterocycles. The first-order valence-corrected chi connectivity index (χ1v) is 11.1. The minimum Gasteiger partial charge on any atom is -0.507 e. The normalized spacial score (nSPS) is 22.0. The molecule has 2 aromatic rings. The summed E-state index contributed by atoms with van der Waals surface area (Å²) >= 11 is 1.49. The lowest BCUT2D eigenvalue weighted by molar-refractivity contribution is -0.140. The Balaban J connectivity index is 1.61. The number of rotatable bonds is 6. The molecule has 2 aliphatic rings. The van der Waals surface area contributed by atoms with E-state index in [0.29, 0.717) is 12.1 Å². The Hall–Kier alpha value is -2.48. The van der Waals surface area contributed by atoms with Gasteiger partial charge in [0.25, 0.3) is 11.7 Å². The van der Waals surface area contributed by atoms with E-state index in [-0.39, 0.29) is 11.3 Å². The lowest BCUT2D eigenvalue weighted by Gasteiger charge is -2.28. The largest absolute Gasteiger partial charge is 0.507 e. The molecule has 0 bridgehead atoms. The van der Waals surface area contributed by atoms with Crippen LogP contribution in [0, 0.1) is 6.92 Å². The van der Waals surface area contributed by atoms with Crippen LogP contribution in [0.1, 0.15) is 28.5 Å². The lowest BCUT2D eigenvalue weighted by Crippen LogP contribution is -2.38. The molecule has 0 spiro atoms. The molecule has 1 amide bonds. The highest BCUT2D eigenvalue weighted by atomic mass is 32.1. The van der Waals surface area contributed by atoms with Gasteiger partial charge in [-0.15, -0.1) is 11.3 Å². The second-order valence-electron chi connectivity index (χ2n) is 7.68. The van der Waals surface area contributed by atoms with E-state index in [4.69, 9.17) is 4.74 Å². The fourth-order valence-corrected chi connectivity index (χ4v) is 4.86. The van der Waals surface area contributed by atoms with Crippen LogP contribution in [0.2, 0.25) is 0 Å². The highest BCUT2D eigenvalue weighted by molar-refractivity contribution is 7.10. The number of amides is 1. The van der Waals surface area contributed by atoms with Gasteiger partial charge in [-0.1, -0.05) is 35.9 Å². The van der Waals surface area contributed by atoms with Crippen molar-refractivity contribution >= 4 is 28.8 Å². The van der Waals surface area contributed by atoms with E-state index >= 15 is 0 Å². The second-order valence-corrected chi connectivity index (χ2v) is 8.66. The summed E-state index contributed by atoms with van der Waals surface area (Å²) in [5, 5.41) is 12.9. The van der Waals surface area contributed by atoms with Crippen molar-refractivity contribution in [2.24, 2.45) is 0 Å². The van der Waals surface area contributed by atoms with Gasteiger partial charge in [0.1, 0.15) is 5.76 Å². The van der Waals surface area contributed by atoms with Crippen molar-refractivity contribution in [3.8, 4) is 0 Å². The number of aliphatic hydroxyl groups is 1. The number of nitrogens with zero attached hydrogens (tertiary/aromatic N) is 2. The Labute approximate surface area is 180 Å². The van der Waals surface area contributed by atoms with Gasteiger partial charge in [0.2, 0.25) is 0 Å². The average Bonchev–Trinajstić information content (AvgIpc) is 3.37. The molecule has 2 aliphatic heterocycles. The standard InChI is InChI=1S/C23H26N2O4S/c1-16-5-7-17(8-6-16)21(26)19-20(18-4-2-15-30-18)25(23(28)22(19)27)10-3-9-24-11-13-29-14-12-24/h2,4-8,15,20,26H,3,9-14H2,1H3/b21-19+/t20-/m0/s1. The number of thiophene rings is 1. The first-order chi connectivity index (χ1) is 14.6. The number of ether oxygens (including phenoxy) is 1. The number of aliphatic hydroxyl groups excluding tert-OH is 1. The van der Waals surface area contributed by atoms with Crippen LogP contribution in [0.3, 0.4) is 0 Å². The molecule has 158 valence electrons. The first kappa shape index (κ1) is 20.8. The number of carbonyl (C=O) groups excluding carboxylic acids is 2. The highest BCUT2D eigenvalue weighted by Crippen LogP contribution is 2.41. The molecule has 1 aromatic carbocycles. The Morgan fingerprint density at radius 2 is 1.87 bits per heavy atom. The van der Waals surface area contributed by atoms with Crippen LogP contribution in [-0.4, -0.2) is 66.0 Å². The van der Waals surface area contributed by atoms with Gasteiger partial charge in [0.15, 0.2) is 0 Å². The fraction of sp³-hybridized carbons (Fsp3) is 0.391. The van der Waals surface area contributed by atoms with Crippen molar-refractivity contribution < 1.29 is 19.4 Å². The monoisotopic (exact) mass is 426 g/mol. The van der Waals surface area contributed by atoms with Crippen molar-refractivity contribution in [2.75, 3.05) is 39.4 Å². The maximum absolute atomic E-state index is 12.9. The van der Waals surface area contributed by atoms with E-state index in [1.165, 1.54) is 11.3 Å². The van der Waals surface area contributed by atoms with Crippen LogP contribution >= 0.6 is 11.3 Å². The maximum Gasteiger partial charge on any atom is 0.295 e. The molecule has 0 unspecified atom stereocenters. The molecule has 3 heterocycles. The zero-order valence-electron chi connectivity index (χ0n) is 17.0. The highest BCUT2D eigenvalue weighted by Gasteiger charge is 2.46. The molecule has 0 saturated carbocycles. The van der Waals surface area contributed by atoms with Crippen LogP contribution < -0.4 is 0 Å². The quantitative estimate of drug-likeness (QED) is 0.436. The summed E-state index contributed by atoms with van der Waals surface area (Å²) in [5.74, 6) is -1.26. The maximum atomic E-state index is 12.9. The van der Waals surface area contributed by atoms with Gasteiger partial charge in [-0.3, -0.25) is 14.5 Å². The summed E-state index contributed by atoms with van der Waals surface area (Å²) in [6, 6.07) is 10.6. The summed E-state index contributed by atoms with van der Waals surface area (Å²) in [6.45, 7) is 6.52. The van der Waals surface area contributed by atoms with E-state index in [0.717, 1.165) is 49.7 Å². The summed E-state index contributed by atoms with van der Waals surface area (Å²) in [6.07, 6.45) is 0.763. The number of likely N-dealkylation sites (tertiary alicyclic amines) is 1. The van der Waals surface area contributed by atoms with E-state index in [2.05, 4.69) is 4.90 Å². The molecular weight excluding hydrogens is 400 g/mol. The van der Waals surface area contributed by atoms with E-state index in [1.807, 2.05) is 36.6 Å². The third-order valence-electron chi connectivity index (χ3n) is 5.65. The van der Waals surface area contributed by atoms with Crippen LogP contribution in [0.15, 0.2) is 47.4 Å². The number of ketones is 1. The number of hydrogen-bond donors (Lipinski definition) is 1. The van der Waals surface area contributed by atoms with Crippen molar-refractivity contribution in [1.82, 2.24) is 9.80 Å². The van der Waals surface area contributed by atoms with Gasteiger partial charge in [0.05, 0.1) is 24.8 Å². The molecule has 6 nitrogen and oxygen atoms in total. The molecule has 7 heteroatoms. The lowest BCUT2D eigenvalue weighted by atomic mass is 9.99. The van der Waals surface area contributed by atoms with Crippen LogP contribution in [0.5, 0.6) is 0 Å². The predicted molar refractivity (Wildman–Crippen MR) is 116 cm³/mol. The van der Waals surface area contributed by atoms with Crippen molar-refractivity contribution in [2.45, 2.75) is 19.4 Å². The SMILES string of the molecule is Cc1ccc(/C(O)=C2\C(=O)C(=O)N(CCCN3CCOCC3)[C@H]2c2cccs2)cc1. The second kappa shape index (κ2) is 9.12. The van der Waals surface area contributed by atoms with E-state index in [9.17, 15) is 14.7 Å². The molecule has 0 aliphatic carbocycles. The summed E-state index contributed by atoms with van der Waals surface area (Å²) in [7, 11) is 0. The smallest absolute Gasteiger partial charge is 0.295 e. The Morgan fingerprint density at radius 1 is 1.13 bits per heavy atom.